The Morgan fingerprint density at radius 3 is 2.47 bits per heavy atom. The van der Waals surface area contributed by atoms with Crippen LogP contribution in [-0.4, -0.2) is 61.5 Å². The van der Waals surface area contributed by atoms with Gasteiger partial charge in [0.1, 0.15) is 0 Å². The molecule has 0 aromatic carbocycles. The Balaban J connectivity index is 2.61. The Bertz CT molecular complexity index is 380. The third-order valence-corrected chi connectivity index (χ3v) is 4.24. The number of nitrogens with zero attached hydrogens (tertiary/aromatic N) is 2. The summed E-state index contributed by atoms with van der Waals surface area (Å²) in [5, 5.41) is 0. The first-order valence-electron chi connectivity index (χ1n) is 5.72. The Morgan fingerprint density at radius 1 is 1.47 bits per heavy atom. The molecule has 2 atom stereocenters. The van der Waals surface area contributed by atoms with Gasteiger partial charge in [-0.3, -0.25) is 4.79 Å². The molecule has 100 valence electrons. The molecule has 1 aliphatic rings. The second-order valence-corrected chi connectivity index (χ2v) is 6.68. The summed E-state index contributed by atoms with van der Waals surface area (Å²) >= 11 is 0. The van der Waals surface area contributed by atoms with Crippen molar-refractivity contribution in [2.24, 2.45) is 5.73 Å². The summed E-state index contributed by atoms with van der Waals surface area (Å²) in [6.45, 7) is 4.85. The molecule has 0 radical (unpaired) electrons. The fraction of sp³-hybridized carbons (Fsp3) is 0.900. The standard InChI is InChI=1S/C10H21N3O3S/c1-8(11)6-10(14)12-4-5-13(9(2)7-12)17(3,15)16/h8-9H,4-7,11H2,1-3H3/t8?,9-/m0/s1. The van der Waals surface area contributed by atoms with Crippen molar-refractivity contribution in [1.29, 1.82) is 0 Å². The summed E-state index contributed by atoms with van der Waals surface area (Å²) in [5.41, 5.74) is 5.58. The monoisotopic (exact) mass is 263 g/mol. The predicted octanol–water partition coefficient (Wildman–Crippen LogP) is -0.784. The highest BCUT2D eigenvalue weighted by atomic mass is 32.2. The molecule has 0 aromatic rings. The van der Waals surface area contributed by atoms with E-state index in [-0.39, 0.29) is 18.0 Å². The summed E-state index contributed by atoms with van der Waals surface area (Å²) in [6.07, 6.45) is 1.51. The van der Waals surface area contributed by atoms with Crippen LogP contribution < -0.4 is 5.73 Å². The van der Waals surface area contributed by atoms with Crippen molar-refractivity contribution in [3.05, 3.63) is 0 Å². The average molecular weight is 263 g/mol. The van der Waals surface area contributed by atoms with Gasteiger partial charge in [-0.2, -0.15) is 4.31 Å². The molecule has 6 nitrogen and oxygen atoms in total. The lowest BCUT2D eigenvalue weighted by atomic mass is 10.2. The molecule has 0 saturated carbocycles. The number of nitrogens with two attached hydrogens (primary N) is 1. The highest BCUT2D eigenvalue weighted by Gasteiger charge is 2.31. The van der Waals surface area contributed by atoms with E-state index in [2.05, 4.69) is 0 Å². The van der Waals surface area contributed by atoms with Crippen LogP contribution in [0.2, 0.25) is 0 Å². The molecule has 0 bridgehead atoms. The summed E-state index contributed by atoms with van der Waals surface area (Å²) in [4.78, 5) is 13.5. The first-order valence-corrected chi connectivity index (χ1v) is 7.57. The van der Waals surface area contributed by atoms with Crippen LogP contribution in [0.25, 0.3) is 0 Å². The zero-order valence-corrected chi connectivity index (χ0v) is 11.4. The second kappa shape index (κ2) is 5.32. The first-order chi connectivity index (χ1) is 7.71. The van der Waals surface area contributed by atoms with Crippen molar-refractivity contribution in [2.75, 3.05) is 25.9 Å². The molecule has 1 rings (SSSR count). The van der Waals surface area contributed by atoms with Gasteiger partial charge in [-0.05, 0) is 13.8 Å². The molecular weight excluding hydrogens is 242 g/mol. The summed E-state index contributed by atoms with van der Waals surface area (Å²) < 4.78 is 24.3. The van der Waals surface area contributed by atoms with E-state index < -0.39 is 10.0 Å². The van der Waals surface area contributed by atoms with Gasteiger partial charge in [0.05, 0.1) is 6.26 Å². The average Bonchev–Trinajstić information content (AvgIpc) is 2.14. The van der Waals surface area contributed by atoms with Crippen LogP contribution >= 0.6 is 0 Å². The van der Waals surface area contributed by atoms with E-state index >= 15 is 0 Å². The summed E-state index contributed by atoms with van der Waals surface area (Å²) in [7, 11) is -3.18. The van der Waals surface area contributed by atoms with Gasteiger partial charge < -0.3 is 10.6 Å². The molecule has 1 fully saturated rings. The van der Waals surface area contributed by atoms with Crippen LogP contribution in [0.5, 0.6) is 0 Å². The normalized spacial score (nSPS) is 24.7. The molecule has 17 heavy (non-hydrogen) atoms. The van der Waals surface area contributed by atoms with Gasteiger partial charge in [0.2, 0.25) is 15.9 Å². The van der Waals surface area contributed by atoms with Crippen LogP contribution in [0.15, 0.2) is 0 Å². The Kier molecular flexibility index (Phi) is 4.51. The van der Waals surface area contributed by atoms with Crippen LogP contribution in [0.1, 0.15) is 20.3 Å². The highest BCUT2D eigenvalue weighted by Crippen LogP contribution is 2.14. The quantitative estimate of drug-likeness (QED) is 0.723. The molecule has 0 aliphatic carbocycles. The van der Waals surface area contributed by atoms with Crippen molar-refractivity contribution < 1.29 is 13.2 Å². The van der Waals surface area contributed by atoms with Crippen LogP contribution in [0, 0.1) is 0 Å². The van der Waals surface area contributed by atoms with Gasteiger partial charge in [-0.15, -0.1) is 0 Å². The number of piperazine rings is 1. The van der Waals surface area contributed by atoms with Crippen molar-refractivity contribution in [3.63, 3.8) is 0 Å². The number of carbonyl (C=O) groups excluding carboxylic acids is 1. The smallest absolute Gasteiger partial charge is 0.224 e. The largest absolute Gasteiger partial charge is 0.340 e. The minimum Gasteiger partial charge on any atom is -0.340 e. The van der Waals surface area contributed by atoms with E-state index in [1.165, 1.54) is 10.6 Å². The van der Waals surface area contributed by atoms with E-state index in [0.29, 0.717) is 26.1 Å². The molecule has 1 amide bonds. The number of hydrogen-bond donors (Lipinski definition) is 1. The van der Waals surface area contributed by atoms with Crippen LogP contribution in [0.3, 0.4) is 0 Å². The Labute approximate surface area is 103 Å². The molecule has 0 spiro atoms. The van der Waals surface area contributed by atoms with E-state index in [1.54, 1.807) is 11.8 Å². The topological polar surface area (TPSA) is 83.7 Å². The highest BCUT2D eigenvalue weighted by molar-refractivity contribution is 7.88. The van der Waals surface area contributed by atoms with Gasteiger partial charge >= 0.3 is 0 Å². The van der Waals surface area contributed by atoms with Crippen molar-refractivity contribution in [3.8, 4) is 0 Å². The second-order valence-electron chi connectivity index (χ2n) is 4.74. The zero-order valence-electron chi connectivity index (χ0n) is 10.6. The van der Waals surface area contributed by atoms with Crippen molar-refractivity contribution in [2.45, 2.75) is 32.4 Å². The number of sulfonamides is 1. The maximum absolute atomic E-state index is 11.8. The van der Waals surface area contributed by atoms with Gasteiger partial charge in [-0.25, -0.2) is 8.42 Å². The van der Waals surface area contributed by atoms with E-state index in [0.717, 1.165) is 0 Å². The molecule has 7 heteroatoms. The summed E-state index contributed by atoms with van der Waals surface area (Å²) in [5.74, 6) is 0.000000945. The molecule has 2 N–H and O–H groups in total. The van der Waals surface area contributed by atoms with Gasteiger partial charge in [0.15, 0.2) is 0 Å². The lowest BCUT2D eigenvalue weighted by Gasteiger charge is -2.38. The Hall–Kier alpha value is -0.660. The zero-order chi connectivity index (χ0) is 13.2. The van der Waals surface area contributed by atoms with E-state index in [1.807, 2.05) is 6.92 Å². The van der Waals surface area contributed by atoms with Crippen molar-refractivity contribution >= 4 is 15.9 Å². The maximum Gasteiger partial charge on any atom is 0.224 e. The third-order valence-electron chi connectivity index (χ3n) is 2.84. The fourth-order valence-electron chi connectivity index (χ4n) is 2.06. The first kappa shape index (κ1) is 14.4. The van der Waals surface area contributed by atoms with Gasteiger partial charge in [-0.1, -0.05) is 0 Å². The van der Waals surface area contributed by atoms with E-state index in [4.69, 9.17) is 5.73 Å². The van der Waals surface area contributed by atoms with Crippen molar-refractivity contribution in [1.82, 2.24) is 9.21 Å². The van der Waals surface area contributed by atoms with Gasteiger partial charge in [0, 0.05) is 38.1 Å². The number of rotatable bonds is 3. The summed E-state index contributed by atoms with van der Waals surface area (Å²) in [6, 6.07) is -0.332. The van der Waals surface area contributed by atoms with Crippen LogP contribution in [-0.2, 0) is 14.8 Å². The minimum absolute atomic E-state index is 0.000000945. The van der Waals surface area contributed by atoms with Crippen LogP contribution in [0.4, 0.5) is 0 Å². The lowest BCUT2D eigenvalue weighted by Crippen LogP contribution is -2.55. The Morgan fingerprint density at radius 2 is 2.06 bits per heavy atom. The minimum atomic E-state index is -3.18. The predicted molar refractivity (Wildman–Crippen MR) is 65.9 cm³/mol. The number of amides is 1. The molecule has 0 aromatic heterocycles. The van der Waals surface area contributed by atoms with E-state index in [9.17, 15) is 13.2 Å². The fourth-order valence-corrected chi connectivity index (χ4v) is 3.20. The molecule has 1 unspecified atom stereocenters. The number of carbonyl (C=O) groups is 1. The lowest BCUT2D eigenvalue weighted by molar-refractivity contribution is -0.133. The molecule has 1 heterocycles. The number of hydrogen-bond acceptors (Lipinski definition) is 4. The third kappa shape index (κ3) is 3.93. The maximum atomic E-state index is 11.8. The molecule has 1 saturated heterocycles. The molecule has 1 aliphatic heterocycles. The van der Waals surface area contributed by atoms with Gasteiger partial charge in [0.25, 0.3) is 0 Å². The SMILES string of the molecule is CC(N)CC(=O)N1CCN(S(C)(=O)=O)[C@@H](C)C1. The molecular formula is C10H21N3O3S.